The van der Waals surface area contributed by atoms with Crippen LogP contribution < -0.4 is 5.32 Å². The van der Waals surface area contributed by atoms with Crippen molar-refractivity contribution in [3.05, 3.63) is 47.6 Å². The van der Waals surface area contributed by atoms with Gasteiger partial charge in [-0.15, -0.1) is 0 Å². The lowest BCUT2D eigenvalue weighted by Crippen LogP contribution is -2.11. The van der Waals surface area contributed by atoms with Gasteiger partial charge < -0.3 is 9.73 Å². The lowest BCUT2D eigenvalue weighted by molar-refractivity contribution is 0.0990. The minimum absolute atomic E-state index is 0.0231. The van der Waals surface area contributed by atoms with E-state index in [0.717, 1.165) is 0 Å². The number of oxazole rings is 1. The summed E-state index contributed by atoms with van der Waals surface area (Å²) in [7, 11) is 0. The molecule has 0 aliphatic heterocycles. The number of anilines is 1. The number of benzene rings is 1. The van der Waals surface area contributed by atoms with Crippen LogP contribution in [0.5, 0.6) is 0 Å². The Labute approximate surface area is 90.9 Å². The molecule has 76 valence electrons. The van der Waals surface area contributed by atoms with Crippen LogP contribution in [0.1, 0.15) is 10.7 Å². The number of nitrogens with one attached hydrogen (secondary N) is 1. The van der Waals surface area contributed by atoms with Crippen LogP contribution in [-0.4, -0.2) is 10.9 Å². The van der Waals surface area contributed by atoms with E-state index < -0.39 is 5.91 Å². The van der Waals surface area contributed by atoms with Crippen molar-refractivity contribution in [2.45, 2.75) is 0 Å². The van der Waals surface area contributed by atoms with Crippen LogP contribution in [0.4, 0.5) is 5.69 Å². The predicted molar refractivity (Wildman–Crippen MR) is 55.9 cm³/mol. The van der Waals surface area contributed by atoms with Gasteiger partial charge >= 0.3 is 5.91 Å². The van der Waals surface area contributed by atoms with Crippen LogP contribution in [0.2, 0.25) is 5.02 Å². The molecule has 2 aromatic rings. The summed E-state index contributed by atoms with van der Waals surface area (Å²) in [5.41, 5.74) is 0.602. The third-order valence-corrected chi connectivity index (χ3v) is 1.94. The van der Waals surface area contributed by atoms with E-state index in [1.54, 1.807) is 24.3 Å². The standard InChI is InChI=1S/C10H7ClN2O2/c11-7-2-1-3-8(6-7)13-9(14)10-12-4-5-15-10/h1-6H,(H,13,14). The van der Waals surface area contributed by atoms with E-state index in [2.05, 4.69) is 10.3 Å². The third kappa shape index (κ3) is 2.35. The van der Waals surface area contributed by atoms with Crippen molar-refractivity contribution >= 4 is 23.2 Å². The molecular formula is C10H7ClN2O2. The molecule has 0 saturated carbocycles. The van der Waals surface area contributed by atoms with Crippen molar-refractivity contribution in [3.8, 4) is 0 Å². The normalized spacial score (nSPS) is 9.93. The monoisotopic (exact) mass is 222 g/mol. The second kappa shape index (κ2) is 4.14. The van der Waals surface area contributed by atoms with Gasteiger partial charge in [0.05, 0.1) is 6.20 Å². The molecule has 15 heavy (non-hydrogen) atoms. The van der Waals surface area contributed by atoms with Crippen LogP contribution >= 0.6 is 11.6 Å². The Bertz CT molecular complexity index is 468. The van der Waals surface area contributed by atoms with Crippen LogP contribution in [-0.2, 0) is 0 Å². The largest absolute Gasteiger partial charge is 0.441 e. The molecule has 1 heterocycles. The van der Waals surface area contributed by atoms with Gasteiger partial charge in [0.2, 0.25) is 0 Å². The summed E-state index contributed by atoms with van der Waals surface area (Å²) in [6.45, 7) is 0. The molecule has 1 aromatic carbocycles. The Balaban J connectivity index is 2.13. The highest BCUT2D eigenvalue weighted by atomic mass is 35.5. The molecule has 1 aromatic heterocycles. The number of rotatable bonds is 2. The molecule has 4 nitrogen and oxygen atoms in total. The number of carbonyl (C=O) groups is 1. The van der Waals surface area contributed by atoms with Crippen LogP contribution in [0.25, 0.3) is 0 Å². The lowest BCUT2D eigenvalue weighted by atomic mass is 10.3. The predicted octanol–water partition coefficient (Wildman–Crippen LogP) is 2.58. The van der Waals surface area contributed by atoms with Crippen LogP contribution in [0.15, 0.2) is 41.1 Å². The third-order valence-electron chi connectivity index (χ3n) is 1.71. The first-order valence-electron chi connectivity index (χ1n) is 4.22. The van der Waals surface area contributed by atoms with E-state index in [4.69, 9.17) is 16.0 Å². The van der Waals surface area contributed by atoms with Crippen molar-refractivity contribution in [3.63, 3.8) is 0 Å². The highest BCUT2D eigenvalue weighted by molar-refractivity contribution is 6.30. The number of carbonyl (C=O) groups excluding carboxylic acids is 1. The minimum Gasteiger partial charge on any atom is -0.441 e. The number of aromatic nitrogens is 1. The van der Waals surface area contributed by atoms with Gasteiger partial charge in [0.25, 0.3) is 5.89 Å². The van der Waals surface area contributed by atoms with Crippen LogP contribution in [0.3, 0.4) is 0 Å². The van der Waals surface area contributed by atoms with Crippen molar-refractivity contribution < 1.29 is 9.21 Å². The topological polar surface area (TPSA) is 55.1 Å². The number of amides is 1. The molecule has 0 fully saturated rings. The molecule has 1 N–H and O–H groups in total. The minimum atomic E-state index is -0.401. The second-order valence-corrected chi connectivity index (χ2v) is 3.24. The Morgan fingerprint density at radius 2 is 2.33 bits per heavy atom. The molecule has 0 aliphatic carbocycles. The summed E-state index contributed by atoms with van der Waals surface area (Å²) in [6.07, 6.45) is 2.75. The molecule has 0 atom stereocenters. The first-order valence-corrected chi connectivity index (χ1v) is 4.60. The maximum Gasteiger partial charge on any atom is 0.311 e. The second-order valence-electron chi connectivity index (χ2n) is 2.80. The zero-order valence-electron chi connectivity index (χ0n) is 7.61. The maximum atomic E-state index is 11.5. The number of hydrogen-bond donors (Lipinski definition) is 1. The number of hydrogen-bond acceptors (Lipinski definition) is 3. The van der Waals surface area contributed by atoms with Gasteiger partial charge in [0, 0.05) is 10.7 Å². The quantitative estimate of drug-likeness (QED) is 0.850. The van der Waals surface area contributed by atoms with Gasteiger partial charge in [-0.3, -0.25) is 4.79 Å². The summed E-state index contributed by atoms with van der Waals surface area (Å²) in [5.74, 6) is -0.378. The Kier molecular flexibility index (Phi) is 2.69. The summed E-state index contributed by atoms with van der Waals surface area (Å²) in [4.78, 5) is 15.2. The molecular weight excluding hydrogens is 216 g/mol. The fraction of sp³-hybridized carbons (Fsp3) is 0. The molecule has 1 amide bonds. The first kappa shape index (κ1) is 9.73. The average Bonchev–Trinajstić information content (AvgIpc) is 2.70. The van der Waals surface area contributed by atoms with Gasteiger partial charge in [0.15, 0.2) is 0 Å². The zero-order valence-corrected chi connectivity index (χ0v) is 8.36. The van der Waals surface area contributed by atoms with Crippen molar-refractivity contribution in [1.82, 2.24) is 4.98 Å². The van der Waals surface area contributed by atoms with E-state index in [-0.39, 0.29) is 5.89 Å². The summed E-state index contributed by atoms with van der Waals surface area (Å²) < 4.78 is 4.84. The highest BCUT2D eigenvalue weighted by Gasteiger charge is 2.10. The summed E-state index contributed by atoms with van der Waals surface area (Å²) in [6, 6.07) is 6.84. The zero-order chi connectivity index (χ0) is 10.7. The Morgan fingerprint density at radius 1 is 1.47 bits per heavy atom. The maximum absolute atomic E-state index is 11.5. The summed E-state index contributed by atoms with van der Waals surface area (Å²) >= 11 is 5.76. The van der Waals surface area contributed by atoms with Gasteiger partial charge in [-0.1, -0.05) is 17.7 Å². The first-order chi connectivity index (χ1) is 7.25. The molecule has 0 saturated heterocycles. The SMILES string of the molecule is O=C(Nc1cccc(Cl)c1)c1ncco1. The number of halogens is 1. The van der Waals surface area contributed by atoms with E-state index in [1.165, 1.54) is 12.5 Å². The van der Waals surface area contributed by atoms with Gasteiger partial charge in [0.1, 0.15) is 6.26 Å². The molecule has 0 radical (unpaired) electrons. The average molecular weight is 223 g/mol. The molecule has 5 heteroatoms. The van der Waals surface area contributed by atoms with E-state index in [1.807, 2.05) is 0 Å². The fourth-order valence-corrected chi connectivity index (χ4v) is 1.28. The Hall–Kier alpha value is -1.81. The lowest BCUT2D eigenvalue weighted by Gasteiger charge is -2.01. The summed E-state index contributed by atoms with van der Waals surface area (Å²) in [5, 5.41) is 3.16. The smallest absolute Gasteiger partial charge is 0.311 e. The molecule has 0 unspecified atom stereocenters. The van der Waals surface area contributed by atoms with Crippen molar-refractivity contribution in [1.29, 1.82) is 0 Å². The van der Waals surface area contributed by atoms with Gasteiger partial charge in [-0.05, 0) is 18.2 Å². The highest BCUT2D eigenvalue weighted by Crippen LogP contribution is 2.15. The van der Waals surface area contributed by atoms with E-state index >= 15 is 0 Å². The molecule has 0 spiro atoms. The number of nitrogens with zero attached hydrogens (tertiary/aromatic N) is 1. The molecule has 0 bridgehead atoms. The van der Waals surface area contributed by atoms with Crippen LogP contribution in [0, 0.1) is 0 Å². The van der Waals surface area contributed by atoms with Crippen molar-refractivity contribution in [2.75, 3.05) is 5.32 Å². The Morgan fingerprint density at radius 3 is 3.00 bits per heavy atom. The molecule has 2 rings (SSSR count). The van der Waals surface area contributed by atoms with E-state index in [9.17, 15) is 4.79 Å². The van der Waals surface area contributed by atoms with Gasteiger partial charge in [-0.25, -0.2) is 4.98 Å². The fourth-order valence-electron chi connectivity index (χ4n) is 1.09. The molecule has 0 aliphatic rings. The van der Waals surface area contributed by atoms with Gasteiger partial charge in [-0.2, -0.15) is 0 Å². The van der Waals surface area contributed by atoms with Crippen molar-refractivity contribution in [2.24, 2.45) is 0 Å². The van der Waals surface area contributed by atoms with E-state index in [0.29, 0.717) is 10.7 Å².